The molecule has 0 aliphatic carbocycles. The summed E-state index contributed by atoms with van der Waals surface area (Å²) in [4.78, 5) is 22.5. The molecule has 0 spiro atoms. The molecule has 116 valence electrons. The topological polar surface area (TPSA) is 78.4 Å². The Balaban J connectivity index is 1.80. The predicted octanol–water partition coefficient (Wildman–Crippen LogP) is 2.25. The summed E-state index contributed by atoms with van der Waals surface area (Å²) in [6.07, 6.45) is 1.81. The van der Waals surface area contributed by atoms with Gasteiger partial charge in [-0.05, 0) is 31.9 Å². The van der Waals surface area contributed by atoms with Gasteiger partial charge in [-0.25, -0.2) is 9.97 Å². The molecule has 1 amide bonds. The molecule has 22 heavy (non-hydrogen) atoms. The molecule has 1 aliphatic heterocycles. The van der Waals surface area contributed by atoms with E-state index >= 15 is 0 Å². The fourth-order valence-corrected chi connectivity index (χ4v) is 3.39. The molecule has 3 rings (SSSR count). The van der Waals surface area contributed by atoms with E-state index in [1.165, 1.54) is 11.3 Å². The van der Waals surface area contributed by atoms with Crippen LogP contribution in [0.25, 0.3) is 0 Å². The zero-order valence-electron chi connectivity index (χ0n) is 12.3. The van der Waals surface area contributed by atoms with Crippen LogP contribution in [-0.4, -0.2) is 39.0 Å². The van der Waals surface area contributed by atoms with E-state index in [9.17, 15) is 4.79 Å². The van der Waals surface area contributed by atoms with Crippen LogP contribution in [0.5, 0.6) is 0 Å². The lowest BCUT2D eigenvalue weighted by atomic mass is 10.1. The number of anilines is 2. The first kappa shape index (κ1) is 14.9. The molecule has 0 saturated carbocycles. The van der Waals surface area contributed by atoms with E-state index in [2.05, 4.69) is 15.3 Å². The summed E-state index contributed by atoms with van der Waals surface area (Å²) >= 11 is 1.53. The smallest absolute Gasteiger partial charge is 0.248 e. The second-order valence-electron chi connectivity index (χ2n) is 5.27. The average molecular weight is 318 g/mol. The number of carbonyl (C=O) groups excluding carboxylic acids is 1. The minimum Gasteiger partial charge on any atom is -0.387 e. The monoisotopic (exact) mass is 318 g/mol. The number of pyridine rings is 1. The first-order valence-electron chi connectivity index (χ1n) is 7.24. The number of amides is 1. The van der Waals surface area contributed by atoms with Gasteiger partial charge in [0.2, 0.25) is 5.91 Å². The van der Waals surface area contributed by atoms with E-state index in [-0.39, 0.29) is 11.9 Å². The van der Waals surface area contributed by atoms with Gasteiger partial charge >= 0.3 is 0 Å². The van der Waals surface area contributed by atoms with Crippen LogP contribution in [-0.2, 0) is 4.79 Å². The molecule has 0 aromatic carbocycles. The Bertz CT molecular complexity index is 673. The fraction of sp³-hybridized carbons (Fsp3) is 0.400. The van der Waals surface area contributed by atoms with Gasteiger partial charge in [0.15, 0.2) is 5.13 Å². The number of aliphatic hydroxyl groups excluding tert-OH is 1. The zero-order chi connectivity index (χ0) is 15.5. The van der Waals surface area contributed by atoms with Gasteiger partial charge < -0.3 is 15.3 Å². The van der Waals surface area contributed by atoms with Crippen molar-refractivity contribution in [3.63, 3.8) is 0 Å². The van der Waals surface area contributed by atoms with Crippen LogP contribution in [0.1, 0.15) is 30.3 Å². The Labute approximate surface area is 132 Å². The van der Waals surface area contributed by atoms with Crippen molar-refractivity contribution >= 4 is 28.2 Å². The van der Waals surface area contributed by atoms with Gasteiger partial charge in [-0.1, -0.05) is 6.07 Å². The number of nitrogens with zero attached hydrogens (tertiary/aromatic N) is 3. The maximum atomic E-state index is 11.8. The zero-order valence-corrected chi connectivity index (χ0v) is 13.1. The molecule has 1 fully saturated rings. The Morgan fingerprint density at radius 2 is 2.36 bits per heavy atom. The number of aromatic nitrogens is 2. The summed E-state index contributed by atoms with van der Waals surface area (Å²) in [7, 11) is 0. The standard InChI is InChI=1S/C15H18N4O2S/c1-10-9-22-15(16-10)18-13-6-2-4-11(17-13)12-5-3-7-19(12)14(21)8-20/h2,4,6,9,12,20H,3,5,7-8H2,1H3,(H,16,17,18)/t12-/m0/s1. The highest BCUT2D eigenvalue weighted by atomic mass is 32.1. The van der Waals surface area contributed by atoms with Crippen molar-refractivity contribution in [3.05, 3.63) is 35.0 Å². The number of aliphatic hydroxyl groups is 1. The quantitative estimate of drug-likeness (QED) is 0.904. The fourth-order valence-electron chi connectivity index (χ4n) is 2.69. The Morgan fingerprint density at radius 1 is 1.50 bits per heavy atom. The minimum atomic E-state index is -0.452. The molecule has 3 heterocycles. The Hall–Kier alpha value is -1.99. The van der Waals surface area contributed by atoms with Crippen LogP contribution < -0.4 is 5.32 Å². The molecule has 6 nitrogen and oxygen atoms in total. The number of hydrogen-bond donors (Lipinski definition) is 2. The summed E-state index contributed by atoms with van der Waals surface area (Å²) in [5, 5.41) is 15.1. The van der Waals surface area contributed by atoms with Crippen molar-refractivity contribution in [1.29, 1.82) is 0 Å². The third kappa shape index (κ3) is 3.10. The Kier molecular flexibility index (Phi) is 4.35. The maximum Gasteiger partial charge on any atom is 0.248 e. The van der Waals surface area contributed by atoms with E-state index in [0.717, 1.165) is 35.2 Å². The molecule has 2 aromatic rings. The molecule has 1 saturated heterocycles. The highest BCUT2D eigenvalue weighted by molar-refractivity contribution is 7.13. The molecular formula is C15H18N4O2S. The molecule has 2 N–H and O–H groups in total. The molecule has 7 heteroatoms. The molecular weight excluding hydrogens is 300 g/mol. The molecule has 0 unspecified atom stereocenters. The number of thiazole rings is 1. The lowest BCUT2D eigenvalue weighted by Gasteiger charge is -2.23. The van der Waals surface area contributed by atoms with Gasteiger partial charge in [0.1, 0.15) is 12.4 Å². The first-order chi connectivity index (χ1) is 10.7. The molecule has 2 aromatic heterocycles. The molecule has 0 bridgehead atoms. The van der Waals surface area contributed by atoms with Crippen LogP contribution in [0.3, 0.4) is 0 Å². The predicted molar refractivity (Wildman–Crippen MR) is 85.1 cm³/mol. The average Bonchev–Trinajstić information content (AvgIpc) is 3.16. The largest absolute Gasteiger partial charge is 0.387 e. The summed E-state index contributed by atoms with van der Waals surface area (Å²) in [6, 6.07) is 5.67. The Morgan fingerprint density at radius 3 is 3.09 bits per heavy atom. The lowest BCUT2D eigenvalue weighted by molar-refractivity contribution is -0.135. The van der Waals surface area contributed by atoms with Crippen molar-refractivity contribution in [1.82, 2.24) is 14.9 Å². The number of carbonyl (C=O) groups is 1. The SMILES string of the molecule is Cc1csc(Nc2cccc([C@@H]3CCCN3C(=O)CO)n2)n1. The van der Waals surface area contributed by atoms with E-state index in [4.69, 9.17) is 5.11 Å². The first-order valence-corrected chi connectivity index (χ1v) is 8.12. The van der Waals surface area contributed by atoms with Gasteiger partial charge in [0.05, 0.1) is 17.4 Å². The second-order valence-corrected chi connectivity index (χ2v) is 6.13. The number of aryl methyl sites for hydroxylation is 1. The number of likely N-dealkylation sites (tertiary alicyclic amines) is 1. The van der Waals surface area contributed by atoms with Crippen LogP contribution >= 0.6 is 11.3 Å². The van der Waals surface area contributed by atoms with Gasteiger partial charge in [0.25, 0.3) is 0 Å². The summed E-state index contributed by atoms with van der Waals surface area (Å²) in [5.74, 6) is 0.480. The van der Waals surface area contributed by atoms with Gasteiger partial charge in [0, 0.05) is 11.9 Å². The summed E-state index contributed by atoms with van der Waals surface area (Å²) in [5.41, 5.74) is 1.82. The highest BCUT2D eigenvalue weighted by Gasteiger charge is 2.30. The van der Waals surface area contributed by atoms with Crippen LogP contribution in [0.15, 0.2) is 23.6 Å². The van der Waals surface area contributed by atoms with Crippen molar-refractivity contribution in [2.45, 2.75) is 25.8 Å². The third-order valence-electron chi connectivity index (χ3n) is 3.67. The number of nitrogens with one attached hydrogen (secondary N) is 1. The van der Waals surface area contributed by atoms with E-state index in [1.807, 2.05) is 30.5 Å². The van der Waals surface area contributed by atoms with E-state index in [1.54, 1.807) is 4.90 Å². The summed E-state index contributed by atoms with van der Waals surface area (Å²) in [6.45, 7) is 2.17. The highest BCUT2D eigenvalue weighted by Crippen LogP contribution is 2.31. The van der Waals surface area contributed by atoms with Crippen molar-refractivity contribution in [2.75, 3.05) is 18.5 Å². The van der Waals surface area contributed by atoms with Gasteiger partial charge in [-0.2, -0.15) is 0 Å². The maximum absolute atomic E-state index is 11.8. The number of rotatable bonds is 4. The lowest BCUT2D eigenvalue weighted by Crippen LogP contribution is -2.33. The molecule has 0 radical (unpaired) electrons. The second kappa shape index (κ2) is 6.41. The van der Waals surface area contributed by atoms with Crippen LogP contribution in [0, 0.1) is 6.92 Å². The minimum absolute atomic E-state index is 0.0561. The number of hydrogen-bond acceptors (Lipinski definition) is 6. The van der Waals surface area contributed by atoms with Gasteiger partial charge in [-0.15, -0.1) is 11.3 Å². The van der Waals surface area contributed by atoms with Crippen LogP contribution in [0.2, 0.25) is 0 Å². The van der Waals surface area contributed by atoms with Crippen molar-refractivity contribution < 1.29 is 9.90 Å². The van der Waals surface area contributed by atoms with Crippen LogP contribution in [0.4, 0.5) is 10.9 Å². The summed E-state index contributed by atoms with van der Waals surface area (Å²) < 4.78 is 0. The van der Waals surface area contributed by atoms with Crippen molar-refractivity contribution in [2.24, 2.45) is 0 Å². The normalized spacial score (nSPS) is 17.7. The van der Waals surface area contributed by atoms with Crippen molar-refractivity contribution in [3.8, 4) is 0 Å². The van der Waals surface area contributed by atoms with Gasteiger partial charge in [-0.3, -0.25) is 4.79 Å². The van der Waals surface area contributed by atoms with E-state index in [0.29, 0.717) is 6.54 Å². The molecule has 1 atom stereocenters. The molecule has 1 aliphatic rings. The third-order valence-corrected chi connectivity index (χ3v) is 4.55. The van der Waals surface area contributed by atoms with E-state index < -0.39 is 6.61 Å².